The number of hydrazine groups is 1. The SMILES string of the molecule is C.CC(=O)OCCCCl.CC(=O)OCCCOc1ccc(C(=O)CCC(=O)O)cc1Cl.CC(=O)OCCCOc1ccc(C2=NNC(=O)CC2)cc1Cl.CC(=O)OCCCOc1ccccc1Cl.CCO.NN.O=C1CCC(=O)O1.O=C1CCC(c2ccc(OCCCO)c(Cl)c2)=NN1.Oc1ccccc1Cl.[H-].[Li+].[Na+].[OH-]. The number of nitrogens with zero attached hydrogens (tertiary/aromatic N) is 2. The number of aliphatic hydroxyl groups excluding tert-OH is 2. The molecule has 0 aromatic heterocycles. The number of aliphatic hydroxyl groups is 2. The number of hydrogen-bond acceptors (Lipinski definition) is 27. The minimum absolute atomic E-state index is 0. The number of halogens is 6. The van der Waals surface area contributed by atoms with Crippen molar-refractivity contribution in [2.75, 3.05) is 71.9 Å². The van der Waals surface area contributed by atoms with Crippen LogP contribution in [0.5, 0.6) is 28.7 Å². The number of nitrogens with one attached hydrogen (secondary N) is 2. The van der Waals surface area contributed by atoms with Crippen LogP contribution in [0.4, 0.5) is 0 Å². The molecular weight excluding hydrogens is 1580 g/mol. The molecule has 5 aromatic carbocycles. The van der Waals surface area contributed by atoms with E-state index in [9.17, 15) is 47.9 Å². The monoisotopic (exact) mass is 1670 g/mol. The molecule has 3 aliphatic rings. The van der Waals surface area contributed by atoms with Gasteiger partial charge in [-0.15, -0.1) is 11.6 Å². The van der Waals surface area contributed by atoms with Gasteiger partial charge in [0, 0.05) is 110 Å². The molecule has 0 unspecified atom stereocenters. The largest absolute Gasteiger partial charge is 1.00 e. The number of benzene rings is 5. The maximum absolute atomic E-state index is 11.8. The van der Waals surface area contributed by atoms with Crippen LogP contribution in [0.1, 0.15) is 148 Å². The van der Waals surface area contributed by atoms with Gasteiger partial charge in [0.15, 0.2) is 5.78 Å². The third kappa shape index (κ3) is 56.0. The number of phenolic OH excluding ortho intramolecular Hbond substituents is 1. The van der Waals surface area contributed by atoms with Crippen LogP contribution in [0.3, 0.4) is 0 Å². The van der Waals surface area contributed by atoms with Gasteiger partial charge in [-0.25, -0.2) is 10.9 Å². The van der Waals surface area contributed by atoms with E-state index < -0.39 is 17.9 Å². The molecule has 0 spiro atoms. The number of phenols is 1. The summed E-state index contributed by atoms with van der Waals surface area (Å²) in [6, 6.07) is 29.3. The standard InChI is InChI=1S/C15H17ClN2O4.C15H17ClO6.C13H15ClN2O3.C11H13ClO3.C6H5ClO.C5H9ClO2.C4H4O3.C2H6O.CH4.Li.H4N2.Na.H2O.H/c1-10(19)21-7-2-8-22-14-5-3-11(9-12(14)16)13-4-6-15(20)18-17-13;1-10(17)21-7-2-8-22-14-5-3-11(9-12(14)16)13(18)4-6-15(19)20;14-10-8-9(11-3-5-13(18)16-15-11)2-4-12(10)19-7-1-6-17;1-9(13)14-7-4-8-15-11-6-3-2-5-10(11)12;7-5-3-1-2-4-6(5)8;1-5(7)8-4-2-3-6;5-3-1-2-4(6)7-3;1-2-3;;;1-2;;;/h3,5,9H,2,4,6-8H2,1H3,(H,18,20);3,5,9H,2,4,6-8H2,1H3,(H,19,20);2,4,8,17H,1,3,5-7H2,(H,16,18);2-3,5-6H,4,7-8H2,1H3;1-4,8H;2-4H2,1H3;1-2H2;3H,2H2,1H3;1H4;;1-2H2;;1H2;/q;;;;;;;;;+1;;+1;;-1/p-1. The number of carboxylic acid groups (broad SMARTS) is 1. The van der Waals surface area contributed by atoms with E-state index in [0.29, 0.717) is 152 Å². The number of ketones is 1. The van der Waals surface area contributed by atoms with Crippen LogP contribution < -0.4 is 89.9 Å². The molecule has 0 atom stereocenters. The van der Waals surface area contributed by atoms with Crippen molar-refractivity contribution in [1.29, 1.82) is 0 Å². The van der Waals surface area contributed by atoms with Gasteiger partial charge in [0.05, 0.1) is 109 Å². The van der Waals surface area contributed by atoms with Crippen molar-refractivity contribution in [1.82, 2.24) is 10.9 Å². The van der Waals surface area contributed by atoms with Gasteiger partial charge in [-0.3, -0.25) is 59.6 Å². The number of alkyl halides is 1. The van der Waals surface area contributed by atoms with Crippen LogP contribution in [0, 0.1) is 0 Å². The van der Waals surface area contributed by atoms with E-state index in [1.54, 1.807) is 73.7 Å². The number of hydrogen-bond donors (Lipinski definition) is 8. The van der Waals surface area contributed by atoms with Crippen molar-refractivity contribution in [3.63, 3.8) is 0 Å². The summed E-state index contributed by atoms with van der Waals surface area (Å²) in [7, 11) is 0. The summed E-state index contributed by atoms with van der Waals surface area (Å²) in [5, 5.41) is 43.9. The normalized spacial score (nSPS) is 11.5. The molecule has 11 N–H and O–H groups in total. The van der Waals surface area contributed by atoms with Crippen LogP contribution in [-0.4, -0.2) is 169 Å². The summed E-state index contributed by atoms with van der Waals surface area (Å²) in [4.78, 5) is 106. The summed E-state index contributed by atoms with van der Waals surface area (Å²) in [5.74, 6) is 7.48. The topological polar surface area (TPSA) is 466 Å². The van der Waals surface area contributed by atoms with E-state index in [2.05, 4.69) is 42.2 Å². The molecule has 1 saturated heterocycles. The van der Waals surface area contributed by atoms with Crippen LogP contribution in [0.15, 0.2) is 113 Å². The number of carbonyl (C=O) groups excluding carboxylic acids is 9. The zero-order valence-corrected chi connectivity index (χ0v) is 68.1. The maximum atomic E-state index is 11.8. The number of carbonyl (C=O) groups is 10. The third-order valence-corrected chi connectivity index (χ3v) is 14.1. The number of rotatable bonds is 28. The van der Waals surface area contributed by atoms with Gasteiger partial charge < -0.3 is 70.0 Å². The van der Waals surface area contributed by atoms with Crippen molar-refractivity contribution >= 4 is 140 Å². The van der Waals surface area contributed by atoms with Gasteiger partial charge >= 0.3 is 90.2 Å². The van der Waals surface area contributed by atoms with E-state index in [1.165, 1.54) is 39.8 Å². The summed E-state index contributed by atoms with van der Waals surface area (Å²) in [5.41, 5.74) is 8.59. The third-order valence-electron chi connectivity index (χ3n) is 12.3. The Morgan fingerprint density at radius 2 is 0.855 bits per heavy atom. The van der Waals surface area contributed by atoms with Crippen molar-refractivity contribution in [2.24, 2.45) is 21.9 Å². The Labute approximate surface area is 705 Å². The van der Waals surface area contributed by atoms with Gasteiger partial charge in [-0.05, 0) is 103 Å². The first-order chi connectivity index (χ1) is 50.6. The Bertz CT molecular complexity index is 3580. The maximum Gasteiger partial charge on any atom is 1.00 e. The first-order valence-electron chi connectivity index (χ1n) is 32.6. The van der Waals surface area contributed by atoms with Crippen molar-refractivity contribution in [3.05, 3.63) is 145 Å². The minimum Gasteiger partial charge on any atom is -1.00 e. The second kappa shape index (κ2) is 69.6. The smallest absolute Gasteiger partial charge is 1.00 e. The molecule has 0 bridgehead atoms. The fourth-order valence-electron chi connectivity index (χ4n) is 7.45. The van der Waals surface area contributed by atoms with Gasteiger partial charge in [-0.2, -0.15) is 10.2 Å². The Morgan fingerprint density at radius 3 is 1.15 bits per heavy atom. The zero-order valence-electron chi connectivity index (χ0n) is 62.6. The minimum atomic E-state index is -1.02. The molecule has 8 rings (SSSR count). The average Bonchev–Trinajstić information content (AvgIpc) is 1.86. The number of hydrazone groups is 2. The Morgan fingerprint density at radius 1 is 0.500 bits per heavy atom. The second-order valence-electron chi connectivity index (χ2n) is 20.9. The zero-order chi connectivity index (χ0) is 79.6. The van der Waals surface area contributed by atoms with E-state index in [1.807, 2.05) is 24.3 Å². The number of aliphatic carboxylic acids is 1. The molecule has 5 aromatic rings. The van der Waals surface area contributed by atoms with E-state index in [4.69, 9.17) is 123 Å². The summed E-state index contributed by atoms with van der Waals surface area (Å²) in [6.07, 6.45) is 5.36. The fraction of sp³-hybridized carbons (Fsp3) is 0.417. The predicted octanol–water partition coefficient (Wildman–Crippen LogP) is 5.86. The second-order valence-corrected chi connectivity index (χ2v) is 23.3. The van der Waals surface area contributed by atoms with Crippen LogP contribution in [-0.2, 0) is 66.8 Å². The number of cyclic esters (lactones) is 2. The molecule has 0 radical (unpaired) electrons. The molecule has 1 fully saturated rings. The van der Waals surface area contributed by atoms with E-state index in [0.717, 1.165) is 29.0 Å². The van der Waals surface area contributed by atoms with Crippen molar-refractivity contribution in [3.8, 4) is 28.7 Å². The molecular formula is C72H96Cl6LiN6NaO24. The molecule has 0 saturated carbocycles. The molecule has 602 valence electrons. The Hall–Kier alpha value is -7.32. The van der Waals surface area contributed by atoms with Crippen molar-refractivity contribution in [2.45, 2.75) is 126 Å². The van der Waals surface area contributed by atoms with Gasteiger partial charge in [0.2, 0.25) is 11.8 Å². The number of Topliss-reactive ketones (excluding diaryl/α,β-unsaturated/α-hetero) is 1. The first kappa shape index (κ1) is 111. The molecule has 110 heavy (non-hydrogen) atoms. The number of carboxylic acids is 1. The summed E-state index contributed by atoms with van der Waals surface area (Å²) >= 11 is 35.0. The molecule has 38 heteroatoms. The molecule has 0 aliphatic carbocycles. The molecule has 30 nitrogen and oxygen atoms in total. The first-order valence-corrected chi connectivity index (χ1v) is 35.0. The number of amides is 2. The van der Waals surface area contributed by atoms with Crippen molar-refractivity contribution < 1.29 is 166 Å². The number of aromatic hydroxyl groups is 1. The van der Waals surface area contributed by atoms with Gasteiger partial charge in [-0.1, -0.05) is 89.7 Å². The fourth-order valence-corrected chi connectivity index (χ4v) is 8.59. The molecule has 3 aliphatic heterocycles. The van der Waals surface area contributed by atoms with Gasteiger partial charge in [0.1, 0.15) is 28.7 Å². The Kier molecular flexibility index (Phi) is 70.4. The molecule has 2 amide bonds. The number of ether oxygens (including phenoxy) is 9. The predicted molar refractivity (Wildman–Crippen MR) is 409 cm³/mol. The van der Waals surface area contributed by atoms with Gasteiger partial charge in [0.25, 0.3) is 0 Å². The van der Waals surface area contributed by atoms with E-state index >= 15 is 0 Å². The summed E-state index contributed by atoms with van der Waals surface area (Å²) < 4.78 is 44.8. The quantitative estimate of drug-likeness (QED) is 0.00334. The van der Waals surface area contributed by atoms with Crippen LogP contribution in [0.2, 0.25) is 25.1 Å². The van der Waals surface area contributed by atoms with E-state index in [-0.39, 0.29) is 160 Å². The average molecular weight is 1670 g/mol. The van der Waals surface area contributed by atoms with Crippen LogP contribution >= 0.6 is 69.6 Å². The number of nitrogens with two attached hydrogens (primary N) is 2. The Balaban J connectivity index is -0.000000294. The summed E-state index contributed by atoms with van der Waals surface area (Å²) in [6.45, 7) is 10.5. The number of para-hydroxylation sites is 2. The molecule has 3 heterocycles. The number of esters is 6. The van der Waals surface area contributed by atoms with Crippen LogP contribution in [0.25, 0.3) is 0 Å².